The Morgan fingerprint density at radius 1 is 0.971 bits per heavy atom. The van der Waals surface area contributed by atoms with Crippen molar-refractivity contribution >= 4 is 46.2 Å². The monoisotopic (exact) mass is 586 g/mol. The molecule has 1 atom stereocenters. The highest BCUT2D eigenvalue weighted by molar-refractivity contribution is 14.1. The summed E-state index contributed by atoms with van der Waals surface area (Å²) in [6.45, 7) is -0.184. The van der Waals surface area contributed by atoms with Crippen LogP contribution in [0.1, 0.15) is 33.8 Å². The number of fused-ring (bicyclic) bond motifs is 3. The van der Waals surface area contributed by atoms with Crippen LogP contribution < -0.4 is 10.6 Å². The Hall–Kier alpha value is -3.44. The minimum absolute atomic E-state index is 0.0561. The Morgan fingerprint density at radius 2 is 1.60 bits per heavy atom. The quantitative estimate of drug-likeness (QED) is 0.293. The molecule has 0 aliphatic heterocycles. The molecule has 0 saturated heterocycles. The number of anilines is 1. The van der Waals surface area contributed by atoms with Crippen molar-refractivity contribution < 1.29 is 29.3 Å². The molecule has 2 amide bonds. The van der Waals surface area contributed by atoms with Crippen LogP contribution in [-0.2, 0) is 9.53 Å². The van der Waals surface area contributed by atoms with Crippen molar-refractivity contribution in [1.82, 2.24) is 5.32 Å². The molecule has 0 saturated carbocycles. The van der Waals surface area contributed by atoms with Gasteiger partial charge in [-0.25, -0.2) is 9.59 Å². The summed E-state index contributed by atoms with van der Waals surface area (Å²) in [6, 6.07) is 19.5. The largest absolute Gasteiger partial charge is 0.480 e. The van der Waals surface area contributed by atoms with Gasteiger partial charge in [0.1, 0.15) is 12.6 Å². The highest BCUT2D eigenvalue weighted by Crippen LogP contribution is 2.44. The van der Waals surface area contributed by atoms with Crippen molar-refractivity contribution in [3.8, 4) is 11.1 Å². The Bertz CT molecular complexity index is 1230. The fourth-order valence-electron chi connectivity index (χ4n) is 4.13. The first-order valence-corrected chi connectivity index (χ1v) is 12.0. The van der Waals surface area contributed by atoms with Crippen molar-refractivity contribution in [1.29, 1.82) is 0 Å². The molecule has 0 aromatic heterocycles. The van der Waals surface area contributed by atoms with Crippen molar-refractivity contribution in [3.05, 3.63) is 87.0 Å². The number of carboxylic acids is 1. The van der Waals surface area contributed by atoms with E-state index in [4.69, 9.17) is 14.9 Å². The standard InChI is InChI=1S/C26H23IN2O6/c27-21-13-15(24(31)28-23(11-12-30)25(32)33)9-10-22(21)29-26(34)35-14-20-18-7-3-1-5-16(18)17-6-2-4-8-19(17)20/h1-10,13,20,23,30H,11-12,14H2,(H,28,31)(H,29,34)(H,32,33). The second-order valence-electron chi connectivity index (χ2n) is 8.02. The van der Waals surface area contributed by atoms with E-state index < -0.39 is 24.0 Å². The molecule has 1 aliphatic rings. The molecule has 0 bridgehead atoms. The van der Waals surface area contributed by atoms with Crippen molar-refractivity contribution in [3.63, 3.8) is 0 Å². The molecule has 0 fully saturated rings. The van der Waals surface area contributed by atoms with Crippen molar-refractivity contribution in [2.75, 3.05) is 18.5 Å². The average molecular weight is 586 g/mol. The maximum absolute atomic E-state index is 12.6. The summed E-state index contributed by atoms with van der Waals surface area (Å²) in [6.07, 6.45) is -0.713. The van der Waals surface area contributed by atoms with E-state index in [2.05, 4.69) is 22.8 Å². The molecular formula is C26H23IN2O6. The van der Waals surface area contributed by atoms with Gasteiger partial charge in [-0.2, -0.15) is 0 Å². The molecule has 0 spiro atoms. The number of aliphatic carboxylic acids is 1. The summed E-state index contributed by atoms with van der Waals surface area (Å²) < 4.78 is 6.14. The van der Waals surface area contributed by atoms with Crippen LogP contribution in [0.3, 0.4) is 0 Å². The maximum Gasteiger partial charge on any atom is 0.411 e. The van der Waals surface area contributed by atoms with Gasteiger partial charge in [0.15, 0.2) is 0 Å². The molecule has 1 aliphatic carbocycles. The number of ether oxygens (including phenoxy) is 1. The normalized spacial score (nSPS) is 12.9. The van der Waals surface area contributed by atoms with Gasteiger partial charge >= 0.3 is 12.1 Å². The summed E-state index contributed by atoms with van der Waals surface area (Å²) in [5.41, 5.74) is 5.22. The summed E-state index contributed by atoms with van der Waals surface area (Å²) in [5.74, 6) is -1.87. The van der Waals surface area contributed by atoms with E-state index in [9.17, 15) is 14.4 Å². The number of nitrogens with one attached hydrogen (secondary N) is 2. The molecule has 180 valence electrons. The lowest BCUT2D eigenvalue weighted by Gasteiger charge is -2.16. The minimum atomic E-state index is -1.23. The number of hydrogen-bond acceptors (Lipinski definition) is 5. The highest BCUT2D eigenvalue weighted by Gasteiger charge is 2.29. The molecule has 4 rings (SSSR count). The van der Waals surface area contributed by atoms with Crippen LogP contribution in [0, 0.1) is 3.57 Å². The molecule has 3 aromatic rings. The Morgan fingerprint density at radius 3 is 2.17 bits per heavy atom. The zero-order chi connectivity index (χ0) is 24.9. The first kappa shape index (κ1) is 24.7. The van der Waals surface area contributed by atoms with Crippen LogP contribution in [0.5, 0.6) is 0 Å². The lowest BCUT2D eigenvalue weighted by atomic mass is 9.98. The third kappa shape index (κ3) is 5.46. The number of amides is 2. The van der Waals surface area contributed by atoms with Crippen LogP contribution in [-0.4, -0.2) is 47.4 Å². The third-order valence-electron chi connectivity index (χ3n) is 5.83. The summed E-state index contributed by atoms with van der Waals surface area (Å²) >= 11 is 1.98. The van der Waals surface area contributed by atoms with Crippen LogP contribution in [0.4, 0.5) is 10.5 Å². The van der Waals surface area contributed by atoms with E-state index in [0.717, 1.165) is 22.3 Å². The van der Waals surface area contributed by atoms with E-state index in [1.165, 1.54) is 12.1 Å². The van der Waals surface area contributed by atoms with Crippen LogP contribution in [0.2, 0.25) is 0 Å². The van der Waals surface area contributed by atoms with E-state index in [0.29, 0.717) is 9.26 Å². The topological polar surface area (TPSA) is 125 Å². The van der Waals surface area contributed by atoms with Gasteiger partial charge in [0.05, 0.1) is 5.69 Å². The molecule has 8 nitrogen and oxygen atoms in total. The van der Waals surface area contributed by atoms with Gasteiger partial charge in [-0.3, -0.25) is 10.1 Å². The smallest absolute Gasteiger partial charge is 0.411 e. The fourth-order valence-corrected chi connectivity index (χ4v) is 4.78. The third-order valence-corrected chi connectivity index (χ3v) is 6.73. The number of benzene rings is 3. The number of hydrogen-bond donors (Lipinski definition) is 4. The van der Waals surface area contributed by atoms with Gasteiger partial charge in [-0.1, -0.05) is 48.5 Å². The lowest BCUT2D eigenvalue weighted by molar-refractivity contribution is -0.139. The van der Waals surface area contributed by atoms with E-state index >= 15 is 0 Å². The van der Waals surface area contributed by atoms with Gasteiger partial charge in [0.2, 0.25) is 0 Å². The lowest BCUT2D eigenvalue weighted by Crippen LogP contribution is -2.41. The molecule has 0 radical (unpaired) electrons. The van der Waals surface area contributed by atoms with Crippen LogP contribution in [0.15, 0.2) is 66.7 Å². The number of aliphatic hydroxyl groups excluding tert-OH is 1. The van der Waals surface area contributed by atoms with Gasteiger partial charge < -0.3 is 20.3 Å². The molecule has 3 aromatic carbocycles. The first-order valence-electron chi connectivity index (χ1n) is 10.9. The molecule has 9 heteroatoms. The van der Waals surface area contributed by atoms with Gasteiger partial charge in [0.25, 0.3) is 5.91 Å². The minimum Gasteiger partial charge on any atom is -0.480 e. The van der Waals surface area contributed by atoms with Gasteiger partial charge in [0, 0.05) is 28.1 Å². The Kier molecular flexibility index (Phi) is 7.67. The molecular weight excluding hydrogens is 563 g/mol. The summed E-state index contributed by atoms with van der Waals surface area (Å²) in [5, 5.41) is 23.2. The Labute approximate surface area is 215 Å². The number of carbonyl (C=O) groups excluding carboxylic acids is 2. The predicted octanol–water partition coefficient (Wildman–Crippen LogP) is 4.22. The van der Waals surface area contributed by atoms with E-state index in [1.807, 2.05) is 59.0 Å². The average Bonchev–Trinajstić information content (AvgIpc) is 3.17. The van der Waals surface area contributed by atoms with Crippen LogP contribution >= 0.6 is 22.6 Å². The van der Waals surface area contributed by atoms with E-state index in [-0.39, 0.29) is 31.1 Å². The van der Waals surface area contributed by atoms with Gasteiger partial charge in [-0.05, 0) is 63.0 Å². The Balaban J connectivity index is 1.39. The van der Waals surface area contributed by atoms with Crippen LogP contribution in [0.25, 0.3) is 11.1 Å². The number of rotatable bonds is 8. The van der Waals surface area contributed by atoms with E-state index in [1.54, 1.807) is 6.07 Å². The second kappa shape index (κ2) is 10.9. The molecule has 0 heterocycles. The SMILES string of the molecule is O=C(Nc1ccc(C(=O)NC(CCO)C(=O)O)cc1I)OCC1c2ccccc2-c2ccccc21. The first-order chi connectivity index (χ1) is 16.9. The maximum atomic E-state index is 12.6. The molecule has 35 heavy (non-hydrogen) atoms. The number of carboxylic acid groups (broad SMARTS) is 1. The highest BCUT2D eigenvalue weighted by atomic mass is 127. The molecule has 4 N–H and O–H groups in total. The predicted molar refractivity (Wildman–Crippen MR) is 138 cm³/mol. The number of carbonyl (C=O) groups is 3. The number of halogens is 1. The number of aliphatic hydroxyl groups is 1. The fraction of sp³-hybridized carbons (Fsp3) is 0.192. The van der Waals surface area contributed by atoms with Crippen molar-refractivity contribution in [2.45, 2.75) is 18.4 Å². The molecule has 1 unspecified atom stereocenters. The summed E-state index contributed by atoms with van der Waals surface area (Å²) in [4.78, 5) is 36.2. The van der Waals surface area contributed by atoms with Gasteiger partial charge in [-0.15, -0.1) is 0 Å². The second-order valence-corrected chi connectivity index (χ2v) is 9.18. The van der Waals surface area contributed by atoms with Crippen molar-refractivity contribution in [2.24, 2.45) is 0 Å². The zero-order valence-electron chi connectivity index (χ0n) is 18.5. The summed E-state index contributed by atoms with van der Waals surface area (Å²) in [7, 11) is 0. The zero-order valence-corrected chi connectivity index (χ0v) is 20.7.